The maximum absolute atomic E-state index is 10.3. The van der Waals surface area contributed by atoms with E-state index in [0.717, 1.165) is 18.4 Å². The van der Waals surface area contributed by atoms with Crippen molar-refractivity contribution >= 4 is 14.1 Å². The van der Waals surface area contributed by atoms with Gasteiger partial charge < -0.3 is 10.2 Å². The summed E-state index contributed by atoms with van der Waals surface area (Å²) in [6, 6.07) is 10.0. The molecule has 0 bridgehead atoms. The van der Waals surface area contributed by atoms with E-state index in [9.17, 15) is 10.2 Å². The first-order valence-corrected chi connectivity index (χ1v) is 12.2. The van der Waals surface area contributed by atoms with Gasteiger partial charge in [-0.05, 0) is 24.8 Å². The van der Waals surface area contributed by atoms with Crippen LogP contribution >= 0.6 is 0 Å². The highest BCUT2D eigenvalue weighted by Crippen LogP contribution is 2.20. The summed E-state index contributed by atoms with van der Waals surface area (Å²) in [4.78, 5) is 0. The van der Waals surface area contributed by atoms with Gasteiger partial charge in [0.05, 0.1) is 20.3 Å². The number of hydrogen-bond donors (Lipinski definition) is 2. The van der Waals surface area contributed by atoms with Gasteiger partial charge in [-0.25, -0.2) is 0 Å². The van der Waals surface area contributed by atoms with Crippen molar-refractivity contribution in [3.05, 3.63) is 53.2 Å². The third-order valence-corrected chi connectivity index (χ3v) is 4.81. The van der Waals surface area contributed by atoms with Gasteiger partial charge in [-0.3, -0.25) is 0 Å². The van der Waals surface area contributed by atoms with E-state index < -0.39 is 14.2 Å². The molecule has 1 aromatic carbocycles. The molecule has 128 valence electrons. The van der Waals surface area contributed by atoms with Crippen molar-refractivity contribution in [2.75, 3.05) is 0 Å². The van der Waals surface area contributed by atoms with E-state index in [1.54, 1.807) is 0 Å². The van der Waals surface area contributed by atoms with Crippen molar-refractivity contribution < 1.29 is 10.2 Å². The first-order valence-electron chi connectivity index (χ1n) is 8.60. The van der Waals surface area contributed by atoms with Crippen LogP contribution in [-0.4, -0.2) is 30.5 Å². The zero-order valence-electron chi connectivity index (χ0n) is 15.0. The fourth-order valence-electron chi connectivity index (χ4n) is 2.67. The van der Waals surface area contributed by atoms with Crippen molar-refractivity contribution in [2.45, 2.75) is 64.5 Å². The fourth-order valence-corrected chi connectivity index (χ4v) is 4.13. The molecule has 2 nitrogen and oxygen atoms in total. The number of hydrogen-bond acceptors (Lipinski definition) is 2. The van der Waals surface area contributed by atoms with Gasteiger partial charge in [0.1, 0.15) is 0 Å². The summed E-state index contributed by atoms with van der Waals surface area (Å²) < 4.78 is 0. The Labute approximate surface area is 142 Å². The lowest BCUT2D eigenvalue weighted by Gasteiger charge is -2.19. The Kier molecular flexibility index (Phi) is 8.52. The van der Waals surface area contributed by atoms with Crippen LogP contribution < -0.4 is 0 Å². The van der Waals surface area contributed by atoms with Gasteiger partial charge >= 0.3 is 0 Å². The molecule has 0 saturated heterocycles. The summed E-state index contributed by atoms with van der Waals surface area (Å²) in [5.74, 6) is 0. The standard InChI is InChI=1S/C20H32O2Si/c1-5-9-19(21)14-18(16-23(2,3)4)15-20(22)13-12-17-10-7-6-8-11-17/h6-8,10-13,16,19-22H,5,9,14-15H2,1-4H3/b13-12+,18-16+. The molecule has 2 unspecified atom stereocenters. The number of aliphatic hydroxyl groups excluding tert-OH is 2. The molecule has 0 heterocycles. The molecule has 23 heavy (non-hydrogen) atoms. The quantitative estimate of drug-likeness (QED) is 0.637. The van der Waals surface area contributed by atoms with Crippen molar-refractivity contribution in [2.24, 2.45) is 0 Å². The maximum atomic E-state index is 10.3. The molecule has 0 aliphatic heterocycles. The molecular formula is C20H32O2Si. The molecule has 0 amide bonds. The predicted molar refractivity (Wildman–Crippen MR) is 103 cm³/mol. The van der Waals surface area contributed by atoms with Gasteiger partial charge in [0.15, 0.2) is 0 Å². The van der Waals surface area contributed by atoms with Gasteiger partial charge in [-0.2, -0.15) is 0 Å². The van der Waals surface area contributed by atoms with Crippen LogP contribution in [0.25, 0.3) is 6.08 Å². The van der Waals surface area contributed by atoms with Gasteiger partial charge in [0.25, 0.3) is 0 Å². The molecule has 0 fully saturated rings. The Morgan fingerprint density at radius 2 is 1.74 bits per heavy atom. The van der Waals surface area contributed by atoms with E-state index >= 15 is 0 Å². The lowest BCUT2D eigenvalue weighted by molar-refractivity contribution is 0.158. The smallest absolute Gasteiger partial charge is 0.0761 e. The molecule has 0 radical (unpaired) electrons. The van der Waals surface area contributed by atoms with Crippen molar-refractivity contribution in [1.82, 2.24) is 0 Å². The minimum Gasteiger partial charge on any atom is -0.393 e. The molecule has 2 atom stereocenters. The lowest BCUT2D eigenvalue weighted by Crippen LogP contribution is -2.20. The average molecular weight is 333 g/mol. The summed E-state index contributed by atoms with van der Waals surface area (Å²) in [6.45, 7) is 8.94. The average Bonchev–Trinajstić information content (AvgIpc) is 2.44. The summed E-state index contributed by atoms with van der Waals surface area (Å²) in [5, 5.41) is 20.4. The zero-order chi connectivity index (χ0) is 17.3. The van der Waals surface area contributed by atoms with E-state index in [-0.39, 0.29) is 6.10 Å². The maximum Gasteiger partial charge on any atom is 0.0761 e. The SMILES string of the molecule is CCCC(O)C/C(=C\[Si](C)(C)C)CC(O)/C=C/c1ccccc1. The van der Waals surface area contributed by atoms with Crippen LogP contribution in [0, 0.1) is 0 Å². The molecule has 0 aliphatic carbocycles. The van der Waals surface area contributed by atoms with Gasteiger partial charge in [0.2, 0.25) is 0 Å². The molecular weight excluding hydrogens is 300 g/mol. The van der Waals surface area contributed by atoms with Crippen LogP contribution in [-0.2, 0) is 0 Å². The lowest BCUT2D eigenvalue weighted by atomic mass is 10.0. The van der Waals surface area contributed by atoms with E-state index in [4.69, 9.17) is 0 Å². The Balaban J connectivity index is 2.72. The van der Waals surface area contributed by atoms with E-state index in [1.807, 2.05) is 42.5 Å². The summed E-state index contributed by atoms with van der Waals surface area (Å²) in [6.07, 6.45) is 6.08. The van der Waals surface area contributed by atoms with Gasteiger partial charge in [0, 0.05) is 0 Å². The largest absolute Gasteiger partial charge is 0.393 e. The second-order valence-corrected chi connectivity index (χ2v) is 12.4. The fraction of sp³-hybridized carbons (Fsp3) is 0.500. The highest BCUT2D eigenvalue weighted by molar-refractivity contribution is 6.81. The second kappa shape index (κ2) is 9.86. The third-order valence-electron chi connectivity index (χ3n) is 3.54. The van der Waals surface area contributed by atoms with Gasteiger partial charge in [-0.15, -0.1) is 0 Å². The van der Waals surface area contributed by atoms with Crippen molar-refractivity contribution in [1.29, 1.82) is 0 Å². The van der Waals surface area contributed by atoms with Crippen LogP contribution in [0.15, 0.2) is 47.7 Å². The molecule has 3 heteroatoms. The number of rotatable bonds is 9. The molecule has 0 spiro atoms. The van der Waals surface area contributed by atoms with Crippen molar-refractivity contribution in [3.63, 3.8) is 0 Å². The molecule has 0 saturated carbocycles. The molecule has 0 aliphatic rings. The van der Waals surface area contributed by atoms with Crippen LogP contribution in [0.5, 0.6) is 0 Å². The molecule has 1 aromatic rings. The number of benzene rings is 1. The first kappa shape index (κ1) is 19.9. The third kappa shape index (κ3) is 9.54. The second-order valence-electron chi connectivity index (χ2n) is 7.36. The van der Waals surface area contributed by atoms with E-state index in [1.165, 1.54) is 5.57 Å². The molecule has 1 rings (SSSR count). The summed E-state index contributed by atoms with van der Waals surface area (Å²) in [5.41, 5.74) is 4.61. The van der Waals surface area contributed by atoms with E-state index in [0.29, 0.717) is 12.8 Å². The Bertz CT molecular complexity index is 500. The van der Waals surface area contributed by atoms with Crippen LogP contribution in [0.1, 0.15) is 38.2 Å². The van der Waals surface area contributed by atoms with Crippen LogP contribution in [0.3, 0.4) is 0 Å². The zero-order valence-corrected chi connectivity index (χ0v) is 16.0. The summed E-state index contributed by atoms with van der Waals surface area (Å²) in [7, 11) is -1.37. The normalized spacial score (nSPS) is 15.8. The Hall–Kier alpha value is -1.16. The molecule has 2 N–H and O–H groups in total. The topological polar surface area (TPSA) is 40.5 Å². The monoisotopic (exact) mass is 332 g/mol. The highest BCUT2D eigenvalue weighted by Gasteiger charge is 2.15. The minimum absolute atomic E-state index is 0.298. The first-order chi connectivity index (χ1) is 10.8. The predicted octanol–water partition coefficient (Wildman–Crippen LogP) is 4.81. The van der Waals surface area contributed by atoms with E-state index in [2.05, 4.69) is 32.3 Å². The molecule has 0 aromatic heterocycles. The minimum atomic E-state index is -1.37. The van der Waals surface area contributed by atoms with Gasteiger partial charge in [-0.1, -0.05) is 86.7 Å². The Morgan fingerprint density at radius 1 is 1.09 bits per heavy atom. The number of aliphatic hydroxyl groups is 2. The summed E-state index contributed by atoms with van der Waals surface area (Å²) >= 11 is 0. The Morgan fingerprint density at radius 3 is 2.30 bits per heavy atom. The van der Waals surface area contributed by atoms with Crippen molar-refractivity contribution in [3.8, 4) is 0 Å². The van der Waals surface area contributed by atoms with Crippen LogP contribution in [0.4, 0.5) is 0 Å². The van der Waals surface area contributed by atoms with Crippen LogP contribution in [0.2, 0.25) is 19.6 Å². The highest BCUT2D eigenvalue weighted by atomic mass is 28.3.